The van der Waals surface area contributed by atoms with Gasteiger partial charge < -0.3 is 5.11 Å². The summed E-state index contributed by atoms with van der Waals surface area (Å²) in [6, 6.07) is 10.7. The summed E-state index contributed by atoms with van der Waals surface area (Å²) in [5.74, 6) is 0. The van der Waals surface area contributed by atoms with Crippen LogP contribution in [0.5, 0.6) is 0 Å². The minimum atomic E-state index is -1.18. The van der Waals surface area contributed by atoms with E-state index in [4.69, 9.17) is 0 Å². The molecule has 1 aromatic carbocycles. The molecule has 0 radical (unpaired) electrons. The maximum atomic E-state index is 10.1. The summed E-state index contributed by atoms with van der Waals surface area (Å²) < 4.78 is 0. The SMILES string of the molecule is C=C(C[Si](C)(C)C)C(O)c1ccccc1. The summed E-state index contributed by atoms with van der Waals surface area (Å²) in [6.07, 6.45) is -0.502. The van der Waals surface area contributed by atoms with E-state index in [9.17, 15) is 5.11 Å². The second-order valence-corrected chi connectivity index (χ2v) is 10.7. The van der Waals surface area contributed by atoms with Gasteiger partial charge in [0.25, 0.3) is 0 Å². The van der Waals surface area contributed by atoms with Gasteiger partial charge in [0.05, 0.1) is 6.10 Å². The third-order valence-electron chi connectivity index (χ3n) is 2.26. The van der Waals surface area contributed by atoms with Crippen LogP contribution < -0.4 is 0 Å². The lowest BCUT2D eigenvalue weighted by Gasteiger charge is -2.21. The van der Waals surface area contributed by atoms with Gasteiger partial charge in [-0.3, -0.25) is 0 Å². The maximum absolute atomic E-state index is 10.1. The summed E-state index contributed by atoms with van der Waals surface area (Å²) in [5.41, 5.74) is 1.89. The first kappa shape index (κ1) is 12.2. The predicted octanol–water partition coefficient (Wildman–Crippen LogP) is 3.61. The van der Waals surface area contributed by atoms with E-state index < -0.39 is 14.2 Å². The van der Waals surface area contributed by atoms with Crippen molar-refractivity contribution in [3.05, 3.63) is 48.0 Å². The zero-order valence-corrected chi connectivity index (χ0v) is 10.8. The van der Waals surface area contributed by atoms with Crippen molar-refractivity contribution in [1.29, 1.82) is 0 Å². The van der Waals surface area contributed by atoms with Gasteiger partial charge in [0, 0.05) is 8.07 Å². The van der Waals surface area contributed by atoms with Crippen LogP contribution in [0.15, 0.2) is 42.5 Å². The summed E-state index contributed by atoms with van der Waals surface area (Å²) in [7, 11) is -1.18. The van der Waals surface area contributed by atoms with Crippen LogP contribution in [-0.4, -0.2) is 13.2 Å². The molecule has 82 valence electrons. The first-order valence-electron chi connectivity index (χ1n) is 5.31. The molecule has 0 fully saturated rings. The number of aliphatic hydroxyl groups excluding tert-OH is 1. The van der Waals surface area contributed by atoms with Crippen molar-refractivity contribution in [3.8, 4) is 0 Å². The molecule has 1 unspecified atom stereocenters. The summed E-state index contributed by atoms with van der Waals surface area (Å²) in [6.45, 7) is 10.9. The lowest BCUT2D eigenvalue weighted by atomic mass is 10.0. The van der Waals surface area contributed by atoms with Crippen molar-refractivity contribution in [2.24, 2.45) is 0 Å². The van der Waals surface area contributed by atoms with E-state index >= 15 is 0 Å². The van der Waals surface area contributed by atoms with Crippen molar-refractivity contribution in [3.63, 3.8) is 0 Å². The van der Waals surface area contributed by atoms with Crippen LogP contribution in [0.1, 0.15) is 11.7 Å². The Morgan fingerprint density at radius 1 is 1.27 bits per heavy atom. The average molecular weight is 220 g/mol. The van der Waals surface area contributed by atoms with E-state index in [0.717, 1.165) is 17.2 Å². The molecule has 0 aliphatic heterocycles. The third kappa shape index (κ3) is 4.02. The van der Waals surface area contributed by atoms with E-state index in [1.54, 1.807) is 0 Å². The van der Waals surface area contributed by atoms with E-state index in [1.807, 2.05) is 30.3 Å². The van der Waals surface area contributed by atoms with Crippen LogP contribution in [0.3, 0.4) is 0 Å². The average Bonchev–Trinajstić information content (AvgIpc) is 2.15. The largest absolute Gasteiger partial charge is 0.384 e. The Balaban J connectivity index is 2.70. The molecular formula is C13H20OSi. The Bertz CT molecular complexity index is 324. The molecule has 0 aliphatic rings. The minimum absolute atomic E-state index is 0.502. The maximum Gasteiger partial charge on any atom is 0.0995 e. The number of benzene rings is 1. The first-order valence-corrected chi connectivity index (χ1v) is 9.01. The molecule has 1 N–H and O–H groups in total. The van der Waals surface area contributed by atoms with Gasteiger partial charge in [0.1, 0.15) is 0 Å². The first-order chi connectivity index (χ1) is 6.90. The lowest BCUT2D eigenvalue weighted by Crippen LogP contribution is -2.21. The smallest absolute Gasteiger partial charge is 0.0995 e. The Labute approximate surface area is 93.5 Å². The second-order valence-electron chi connectivity index (χ2n) is 5.21. The molecule has 0 amide bonds. The highest BCUT2D eigenvalue weighted by atomic mass is 28.3. The topological polar surface area (TPSA) is 20.2 Å². The summed E-state index contributed by atoms with van der Waals surface area (Å²) in [5, 5.41) is 10.1. The van der Waals surface area contributed by atoms with Crippen molar-refractivity contribution in [2.45, 2.75) is 31.8 Å². The van der Waals surface area contributed by atoms with Gasteiger partial charge in [-0.25, -0.2) is 0 Å². The fourth-order valence-corrected chi connectivity index (χ4v) is 3.20. The van der Waals surface area contributed by atoms with Gasteiger partial charge in [-0.2, -0.15) is 0 Å². The Morgan fingerprint density at radius 3 is 2.27 bits per heavy atom. The van der Waals surface area contributed by atoms with Gasteiger partial charge in [-0.05, 0) is 17.2 Å². The van der Waals surface area contributed by atoms with Crippen LogP contribution in [0, 0.1) is 0 Å². The van der Waals surface area contributed by atoms with Crippen molar-refractivity contribution in [2.75, 3.05) is 0 Å². The molecule has 1 atom stereocenters. The Morgan fingerprint density at radius 2 is 1.80 bits per heavy atom. The van der Waals surface area contributed by atoms with E-state index in [2.05, 4.69) is 26.2 Å². The van der Waals surface area contributed by atoms with Crippen LogP contribution >= 0.6 is 0 Å². The van der Waals surface area contributed by atoms with Crippen LogP contribution in [-0.2, 0) is 0 Å². The molecule has 0 aromatic heterocycles. The normalized spacial score (nSPS) is 13.6. The highest BCUT2D eigenvalue weighted by Crippen LogP contribution is 2.26. The molecule has 1 rings (SSSR count). The number of rotatable bonds is 4. The summed E-state index contributed by atoms with van der Waals surface area (Å²) >= 11 is 0. The van der Waals surface area contributed by atoms with Gasteiger partial charge in [0.2, 0.25) is 0 Å². The van der Waals surface area contributed by atoms with Crippen molar-refractivity contribution in [1.82, 2.24) is 0 Å². The molecule has 2 heteroatoms. The minimum Gasteiger partial charge on any atom is -0.384 e. The fraction of sp³-hybridized carbons (Fsp3) is 0.385. The van der Waals surface area contributed by atoms with Gasteiger partial charge >= 0.3 is 0 Å². The number of aliphatic hydroxyl groups is 1. The molecule has 0 aliphatic carbocycles. The Hall–Kier alpha value is -0.863. The molecule has 0 spiro atoms. The van der Waals surface area contributed by atoms with E-state index in [1.165, 1.54) is 0 Å². The van der Waals surface area contributed by atoms with Crippen molar-refractivity contribution < 1.29 is 5.11 Å². The Kier molecular flexibility index (Phi) is 3.88. The fourth-order valence-electron chi connectivity index (χ4n) is 1.65. The van der Waals surface area contributed by atoms with Gasteiger partial charge in [0.15, 0.2) is 0 Å². The highest BCUT2D eigenvalue weighted by molar-refractivity contribution is 6.76. The third-order valence-corrected chi connectivity index (χ3v) is 3.77. The van der Waals surface area contributed by atoms with Crippen molar-refractivity contribution >= 4 is 8.07 Å². The monoisotopic (exact) mass is 220 g/mol. The zero-order valence-electron chi connectivity index (χ0n) is 9.83. The van der Waals surface area contributed by atoms with Gasteiger partial charge in [-0.1, -0.05) is 56.6 Å². The molecule has 15 heavy (non-hydrogen) atoms. The molecule has 0 saturated heterocycles. The van der Waals surface area contributed by atoms with Crippen LogP contribution in [0.2, 0.25) is 25.7 Å². The van der Waals surface area contributed by atoms with Gasteiger partial charge in [-0.15, -0.1) is 0 Å². The highest BCUT2D eigenvalue weighted by Gasteiger charge is 2.19. The number of hydrogen-bond acceptors (Lipinski definition) is 1. The molecule has 0 saturated carbocycles. The molecule has 1 nitrogen and oxygen atoms in total. The molecule has 1 aromatic rings. The van der Waals surface area contributed by atoms with Crippen LogP contribution in [0.25, 0.3) is 0 Å². The number of hydrogen-bond donors (Lipinski definition) is 1. The standard InChI is InChI=1S/C13H20OSi/c1-11(10-15(2,3)4)13(14)12-8-6-5-7-9-12/h5-9,13-14H,1,10H2,2-4H3. The quantitative estimate of drug-likeness (QED) is 0.607. The van der Waals surface area contributed by atoms with E-state index in [0.29, 0.717) is 0 Å². The molecule has 0 heterocycles. The second kappa shape index (κ2) is 4.77. The van der Waals surface area contributed by atoms with E-state index in [-0.39, 0.29) is 0 Å². The zero-order chi connectivity index (χ0) is 11.5. The van der Waals surface area contributed by atoms with Crippen LogP contribution in [0.4, 0.5) is 0 Å². The summed E-state index contributed by atoms with van der Waals surface area (Å²) in [4.78, 5) is 0. The predicted molar refractivity (Wildman–Crippen MR) is 68.7 cm³/mol. The molecular weight excluding hydrogens is 200 g/mol. The molecule has 0 bridgehead atoms. The lowest BCUT2D eigenvalue weighted by molar-refractivity contribution is 0.216.